The minimum absolute atomic E-state index is 0.203. The van der Waals surface area contributed by atoms with Crippen LogP contribution < -0.4 is 15.8 Å². The minimum Gasteiger partial charge on any atom is -0.478 e. The lowest BCUT2D eigenvalue weighted by molar-refractivity contribution is -0.120. The Morgan fingerprint density at radius 1 is 1.39 bits per heavy atom. The lowest BCUT2D eigenvalue weighted by Gasteiger charge is -2.18. The zero-order chi connectivity index (χ0) is 17.4. The topological polar surface area (TPSA) is 139 Å². The van der Waals surface area contributed by atoms with Gasteiger partial charge >= 0.3 is 5.97 Å². The SMILES string of the molecule is CC(C)[C@@H](NS(=O)(=O)c1sc2c(c1C(=O)O)CCNC2)C(N)=O. The molecule has 0 bridgehead atoms. The second-order valence-corrected chi connectivity index (χ2v) is 8.66. The van der Waals surface area contributed by atoms with E-state index in [4.69, 9.17) is 5.73 Å². The van der Waals surface area contributed by atoms with Crippen molar-refractivity contribution in [2.75, 3.05) is 6.54 Å². The summed E-state index contributed by atoms with van der Waals surface area (Å²) in [7, 11) is -4.16. The number of carbonyl (C=O) groups is 2. The van der Waals surface area contributed by atoms with Crippen LogP contribution in [0.2, 0.25) is 0 Å². The summed E-state index contributed by atoms with van der Waals surface area (Å²) in [5.41, 5.74) is 5.57. The lowest BCUT2D eigenvalue weighted by atomic mass is 10.1. The molecule has 5 N–H and O–H groups in total. The van der Waals surface area contributed by atoms with E-state index in [2.05, 4.69) is 10.0 Å². The van der Waals surface area contributed by atoms with Gasteiger partial charge in [-0.1, -0.05) is 13.8 Å². The monoisotopic (exact) mass is 361 g/mol. The molecular weight excluding hydrogens is 342 g/mol. The van der Waals surface area contributed by atoms with Gasteiger partial charge in [0.15, 0.2) is 0 Å². The van der Waals surface area contributed by atoms with Crippen molar-refractivity contribution in [2.24, 2.45) is 11.7 Å². The molecule has 0 unspecified atom stereocenters. The number of nitrogens with two attached hydrogens (primary N) is 1. The van der Waals surface area contributed by atoms with Crippen LogP contribution in [0, 0.1) is 5.92 Å². The summed E-state index contributed by atoms with van der Waals surface area (Å²) in [5.74, 6) is -2.44. The smallest absolute Gasteiger partial charge is 0.338 e. The molecule has 0 radical (unpaired) electrons. The molecule has 1 aliphatic heterocycles. The standard InChI is InChI=1S/C13H19N3O5S2/c1-6(2)10(11(14)17)16-23(20,21)13-9(12(18)19)7-3-4-15-5-8(7)22-13/h6,10,15-16H,3-5H2,1-2H3,(H2,14,17)(H,18,19)/t10-/m1/s1. The van der Waals surface area contributed by atoms with E-state index in [-0.39, 0.29) is 15.7 Å². The van der Waals surface area contributed by atoms with Crippen LogP contribution >= 0.6 is 11.3 Å². The Labute approximate surface area is 138 Å². The number of carboxylic acid groups (broad SMARTS) is 1. The molecule has 0 aliphatic carbocycles. The van der Waals surface area contributed by atoms with Gasteiger partial charge in [0.05, 0.1) is 5.56 Å². The molecule has 8 nitrogen and oxygen atoms in total. The molecule has 1 aliphatic rings. The number of carboxylic acids is 1. The highest BCUT2D eigenvalue weighted by molar-refractivity contribution is 7.91. The van der Waals surface area contributed by atoms with Gasteiger partial charge in [0, 0.05) is 11.4 Å². The minimum atomic E-state index is -4.16. The Balaban J connectivity index is 2.49. The number of hydrogen-bond donors (Lipinski definition) is 4. The van der Waals surface area contributed by atoms with Crippen LogP contribution in [0.3, 0.4) is 0 Å². The van der Waals surface area contributed by atoms with Gasteiger partial charge in [-0.05, 0) is 24.4 Å². The first kappa shape index (κ1) is 17.9. The van der Waals surface area contributed by atoms with Crippen LogP contribution in [-0.4, -0.2) is 38.0 Å². The van der Waals surface area contributed by atoms with Gasteiger partial charge in [-0.15, -0.1) is 11.3 Å². The second kappa shape index (κ2) is 6.56. The number of amides is 1. The van der Waals surface area contributed by atoms with Gasteiger partial charge < -0.3 is 16.2 Å². The molecule has 1 aromatic rings. The average Bonchev–Trinajstić information content (AvgIpc) is 2.84. The molecule has 1 amide bonds. The van der Waals surface area contributed by atoms with Crippen LogP contribution in [0.4, 0.5) is 0 Å². The van der Waals surface area contributed by atoms with Gasteiger partial charge in [-0.25, -0.2) is 13.2 Å². The zero-order valence-corrected chi connectivity index (χ0v) is 14.4. The Morgan fingerprint density at radius 2 is 2.04 bits per heavy atom. The average molecular weight is 361 g/mol. The number of hydrogen-bond acceptors (Lipinski definition) is 6. The van der Waals surface area contributed by atoms with Crippen LogP contribution in [0.15, 0.2) is 4.21 Å². The first-order chi connectivity index (χ1) is 10.6. The molecule has 1 atom stereocenters. The van der Waals surface area contributed by atoms with E-state index in [0.717, 1.165) is 11.3 Å². The van der Waals surface area contributed by atoms with E-state index in [0.29, 0.717) is 30.0 Å². The van der Waals surface area contributed by atoms with Crippen molar-refractivity contribution in [1.29, 1.82) is 0 Å². The van der Waals surface area contributed by atoms with E-state index in [1.807, 2.05) is 0 Å². The third kappa shape index (κ3) is 3.55. The number of rotatable bonds is 6. The normalized spacial score (nSPS) is 16.1. The fourth-order valence-corrected chi connectivity index (χ4v) is 5.69. The summed E-state index contributed by atoms with van der Waals surface area (Å²) >= 11 is 0.917. The predicted molar refractivity (Wildman–Crippen MR) is 84.8 cm³/mol. The first-order valence-corrected chi connectivity index (χ1v) is 9.35. The third-order valence-electron chi connectivity index (χ3n) is 3.61. The van der Waals surface area contributed by atoms with E-state index < -0.39 is 27.9 Å². The van der Waals surface area contributed by atoms with Gasteiger partial charge in [-0.3, -0.25) is 4.79 Å². The number of thiophene rings is 1. The lowest BCUT2D eigenvalue weighted by Crippen LogP contribution is -2.47. The van der Waals surface area contributed by atoms with E-state index in [9.17, 15) is 23.1 Å². The Morgan fingerprint density at radius 3 is 2.57 bits per heavy atom. The van der Waals surface area contributed by atoms with Gasteiger partial charge in [0.1, 0.15) is 10.3 Å². The number of nitrogens with one attached hydrogen (secondary N) is 2. The van der Waals surface area contributed by atoms with Crippen molar-refractivity contribution in [3.63, 3.8) is 0 Å². The molecule has 2 heterocycles. The third-order valence-corrected chi connectivity index (χ3v) is 6.80. The number of sulfonamides is 1. The van der Waals surface area contributed by atoms with Crippen molar-refractivity contribution in [3.8, 4) is 0 Å². The van der Waals surface area contributed by atoms with Gasteiger partial charge in [0.2, 0.25) is 5.91 Å². The van der Waals surface area contributed by atoms with Crippen molar-refractivity contribution in [1.82, 2.24) is 10.0 Å². The number of fused-ring (bicyclic) bond motifs is 1. The van der Waals surface area contributed by atoms with Crippen LogP contribution in [0.1, 0.15) is 34.6 Å². The highest BCUT2D eigenvalue weighted by Gasteiger charge is 2.34. The van der Waals surface area contributed by atoms with Crippen molar-refractivity contribution >= 4 is 33.2 Å². The highest BCUT2D eigenvalue weighted by atomic mass is 32.2. The number of aromatic carboxylic acids is 1. The maximum atomic E-state index is 12.6. The molecule has 23 heavy (non-hydrogen) atoms. The van der Waals surface area contributed by atoms with Crippen LogP contribution in [0.25, 0.3) is 0 Å². The Bertz CT molecular complexity index is 739. The van der Waals surface area contributed by atoms with Crippen molar-refractivity contribution in [2.45, 2.75) is 37.1 Å². The maximum absolute atomic E-state index is 12.6. The zero-order valence-electron chi connectivity index (χ0n) is 12.8. The predicted octanol–water partition coefficient (Wildman–Crippen LogP) is -0.120. The molecular formula is C13H19N3O5S2. The maximum Gasteiger partial charge on any atom is 0.338 e. The fourth-order valence-electron chi connectivity index (χ4n) is 2.46. The second-order valence-electron chi connectivity index (χ2n) is 5.64. The molecule has 0 spiro atoms. The summed E-state index contributed by atoms with van der Waals surface area (Å²) in [4.78, 5) is 23.7. The van der Waals surface area contributed by atoms with Crippen LogP contribution in [0.5, 0.6) is 0 Å². The molecule has 0 fully saturated rings. The molecule has 0 saturated carbocycles. The van der Waals surface area contributed by atoms with Crippen molar-refractivity contribution < 1.29 is 23.1 Å². The molecule has 2 rings (SSSR count). The van der Waals surface area contributed by atoms with E-state index in [1.54, 1.807) is 13.8 Å². The summed E-state index contributed by atoms with van der Waals surface area (Å²) in [6.45, 7) is 4.32. The summed E-state index contributed by atoms with van der Waals surface area (Å²) in [5, 5.41) is 12.5. The largest absolute Gasteiger partial charge is 0.478 e. The highest BCUT2D eigenvalue weighted by Crippen LogP contribution is 2.34. The molecule has 1 aromatic heterocycles. The Kier molecular flexibility index (Phi) is 5.09. The molecule has 0 aromatic carbocycles. The van der Waals surface area contributed by atoms with Gasteiger partial charge in [-0.2, -0.15) is 4.72 Å². The van der Waals surface area contributed by atoms with Gasteiger partial charge in [0.25, 0.3) is 10.0 Å². The number of carbonyl (C=O) groups excluding carboxylic acids is 1. The van der Waals surface area contributed by atoms with E-state index in [1.165, 1.54) is 0 Å². The number of primary amides is 1. The molecule has 10 heteroatoms. The molecule has 128 valence electrons. The quantitative estimate of drug-likeness (QED) is 0.557. The van der Waals surface area contributed by atoms with E-state index >= 15 is 0 Å². The summed E-state index contributed by atoms with van der Waals surface area (Å²) in [6.07, 6.45) is 0.451. The first-order valence-electron chi connectivity index (χ1n) is 7.05. The fraction of sp³-hybridized carbons (Fsp3) is 0.538. The summed E-state index contributed by atoms with van der Waals surface area (Å²) < 4.78 is 27.2. The van der Waals surface area contributed by atoms with Crippen molar-refractivity contribution in [3.05, 3.63) is 16.0 Å². The summed E-state index contributed by atoms with van der Waals surface area (Å²) in [6, 6.07) is -1.10. The molecule has 0 saturated heterocycles. The van der Waals surface area contributed by atoms with Crippen LogP contribution in [-0.2, 0) is 27.8 Å². The Hall–Kier alpha value is -1.49.